The highest BCUT2D eigenvalue weighted by Gasteiger charge is 2.25. The molecule has 1 unspecified atom stereocenters. The molecule has 6 heteroatoms. The molecule has 0 aliphatic carbocycles. The SMILES string of the molecule is Cc1cc(C(O)C(=O)O)c2c3c(C(N)=O)cccc3n(Cc3ccccc3)c2c1. The summed E-state index contributed by atoms with van der Waals surface area (Å²) in [6, 6.07) is 18.6. The lowest BCUT2D eigenvalue weighted by Crippen LogP contribution is -2.13. The molecule has 4 rings (SSSR count). The third-order valence-corrected chi connectivity index (χ3v) is 5.14. The number of amides is 1. The lowest BCUT2D eigenvalue weighted by atomic mass is 9.97. The summed E-state index contributed by atoms with van der Waals surface area (Å²) in [5, 5.41) is 20.9. The van der Waals surface area contributed by atoms with Crippen LogP contribution in [-0.2, 0) is 11.3 Å². The zero-order valence-corrected chi connectivity index (χ0v) is 15.8. The number of aliphatic carboxylic acids is 1. The van der Waals surface area contributed by atoms with Gasteiger partial charge in [0.2, 0.25) is 5.91 Å². The van der Waals surface area contributed by atoms with Crippen LogP contribution in [0.25, 0.3) is 21.8 Å². The number of rotatable bonds is 5. The van der Waals surface area contributed by atoms with Crippen LogP contribution in [0.15, 0.2) is 60.7 Å². The van der Waals surface area contributed by atoms with E-state index in [-0.39, 0.29) is 5.56 Å². The van der Waals surface area contributed by atoms with Gasteiger partial charge in [0.15, 0.2) is 6.10 Å². The largest absolute Gasteiger partial charge is 0.479 e. The molecule has 1 heterocycles. The molecule has 0 aliphatic heterocycles. The number of nitrogens with zero attached hydrogens (tertiary/aromatic N) is 1. The lowest BCUT2D eigenvalue weighted by Gasteiger charge is -2.12. The molecule has 6 nitrogen and oxygen atoms in total. The van der Waals surface area contributed by atoms with E-state index in [2.05, 4.69) is 0 Å². The van der Waals surface area contributed by atoms with Crippen molar-refractivity contribution in [3.8, 4) is 0 Å². The van der Waals surface area contributed by atoms with Crippen molar-refractivity contribution in [2.75, 3.05) is 0 Å². The van der Waals surface area contributed by atoms with Crippen LogP contribution in [0.2, 0.25) is 0 Å². The summed E-state index contributed by atoms with van der Waals surface area (Å²) < 4.78 is 2.03. The molecule has 0 saturated carbocycles. The molecule has 0 bridgehead atoms. The quantitative estimate of drug-likeness (QED) is 0.487. The van der Waals surface area contributed by atoms with Gasteiger partial charge < -0.3 is 20.5 Å². The van der Waals surface area contributed by atoms with E-state index in [1.165, 1.54) is 0 Å². The zero-order chi connectivity index (χ0) is 20.7. The van der Waals surface area contributed by atoms with Crippen LogP contribution in [0, 0.1) is 6.92 Å². The van der Waals surface area contributed by atoms with Crippen molar-refractivity contribution in [3.63, 3.8) is 0 Å². The number of aryl methyl sites for hydroxylation is 1. The fourth-order valence-electron chi connectivity index (χ4n) is 3.93. The molecule has 29 heavy (non-hydrogen) atoms. The number of aromatic nitrogens is 1. The van der Waals surface area contributed by atoms with Crippen molar-refractivity contribution >= 4 is 33.7 Å². The molecular formula is C23H20N2O4. The maximum atomic E-state index is 12.1. The summed E-state index contributed by atoms with van der Waals surface area (Å²) in [6.07, 6.45) is -1.71. The van der Waals surface area contributed by atoms with Crippen LogP contribution in [0.5, 0.6) is 0 Å². The average Bonchev–Trinajstić information content (AvgIpc) is 3.01. The normalized spacial score (nSPS) is 12.3. The predicted octanol–water partition coefficient (Wildman–Crippen LogP) is 3.37. The Morgan fingerprint density at radius 1 is 1.00 bits per heavy atom. The molecule has 0 spiro atoms. The summed E-state index contributed by atoms with van der Waals surface area (Å²) >= 11 is 0. The van der Waals surface area contributed by atoms with Crippen molar-refractivity contribution in [2.45, 2.75) is 19.6 Å². The minimum absolute atomic E-state index is 0.248. The Bertz CT molecular complexity index is 1260. The van der Waals surface area contributed by atoms with E-state index in [1.807, 2.05) is 54.0 Å². The lowest BCUT2D eigenvalue weighted by molar-refractivity contribution is -0.146. The van der Waals surface area contributed by atoms with Gasteiger partial charge >= 0.3 is 5.97 Å². The topological polar surface area (TPSA) is 106 Å². The van der Waals surface area contributed by atoms with E-state index < -0.39 is 18.0 Å². The minimum Gasteiger partial charge on any atom is -0.479 e. The van der Waals surface area contributed by atoms with Gasteiger partial charge in [-0.3, -0.25) is 4.79 Å². The van der Waals surface area contributed by atoms with Crippen LogP contribution in [0.1, 0.15) is 33.2 Å². The first-order chi connectivity index (χ1) is 13.9. The van der Waals surface area contributed by atoms with Gasteiger partial charge in [-0.1, -0.05) is 42.5 Å². The highest BCUT2D eigenvalue weighted by molar-refractivity contribution is 6.19. The number of carbonyl (C=O) groups is 2. The van der Waals surface area contributed by atoms with Crippen LogP contribution < -0.4 is 5.73 Å². The van der Waals surface area contributed by atoms with Crippen LogP contribution in [-0.4, -0.2) is 26.7 Å². The van der Waals surface area contributed by atoms with E-state index >= 15 is 0 Å². The first-order valence-electron chi connectivity index (χ1n) is 9.18. The van der Waals surface area contributed by atoms with E-state index in [0.717, 1.165) is 22.2 Å². The summed E-state index contributed by atoms with van der Waals surface area (Å²) in [5.41, 5.74) is 9.52. The van der Waals surface area contributed by atoms with Gasteiger partial charge in [0.1, 0.15) is 0 Å². The monoisotopic (exact) mass is 388 g/mol. The van der Waals surface area contributed by atoms with Crippen LogP contribution in [0.3, 0.4) is 0 Å². The van der Waals surface area contributed by atoms with Gasteiger partial charge in [-0.05, 0) is 36.2 Å². The number of hydrogen-bond donors (Lipinski definition) is 3. The summed E-state index contributed by atoms with van der Waals surface area (Å²) in [5.74, 6) is -1.96. The van der Waals surface area contributed by atoms with Gasteiger partial charge in [0.05, 0.1) is 11.0 Å². The first-order valence-corrected chi connectivity index (χ1v) is 9.18. The van der Waals surface area contributed by atoms with Crippen molar-refractivity contribution < 1.29 is 19.8 Å². The smallest absolute Gasteiger partial charge is 0.337 e. The number of aliphatic hydroxyl groups is 1. The summed E-state index contributed by atoms with van der Waals surface area (Å²) in [7, 11) is 0. The molecule has 0 saturated heterocycles. The maximum absolute atomic E-state index is 12.1. The molecule has 4 N–H and O–H groups in total. The number of carboxylic acids is 1. The molecule has 1 aromatic heterocycles. The van der Waals surface area contributed by atoms with Gasteiger partial charge in [-0.15, -0.1) is 0 Å². The van der Waals surface area contributed by atoms with Crippen molar-refractivity contribution in [2.24, 2.45) is 5.73 Å². The fraction of sp³-hybridized carbons (Fsp3) is 0.130. The van der Waals surface area contributed by atoms with E-state index in [9.17, 15) is 19.8 Å². The Kier molecular flexibility index (Phi) is 4.56. The van der Waals surface area contributed by atoms with E-state index in [0.29, 0.717) is 22.9 Å². The molecular weight excluding hydrogens is 368 g/mol. The summed E-state index contributed by atoms with van der Waals surface area (Å²) in [6.45, 7) is 2.37. The number of fused-ring (bicyclic) bond motifs is 3. The maximum Gasteiger partial charge on any atom is 0.337 e. The molecule has 0 radical (unpaired) electrons. The van der Waals surface area contributed by atoms with Gasteiger partial charge in [0, 0.05) is 28.4 Å². The average molecular weight is 388 g/mol. The van der Waals surface area contributed by atoms with Crippen LogP contribution >= 0.6 is 0 Å². The number of primary amides is 1. The molecule has 1 atom stereocenters. The Balaban J connectivity index is 2.16. The molecule has 0 aliphatic rings. The standard InChI is InChI=1S/C23H20N2O4/c1-13-10-16(21(26)23(28)29)20-18(11-13)25(12-14-6-3-2-4-7-14)17-9-5-8-15(19(17)20)22(24)27/h2-11,21,26H,12H2,1H3,(H2,24,27)(H,28,29). The molecule has 1 amide bonds. The third kappa shape index (κ3) is 3.13. The Hall–Kier alpha value is -3.64. The minimum atomic E-state index is -1.71. The van der Waals surface area contributed by atoms with Crippen LogP contribution in [0.4, 0.5) is 0 Å². The second kappa shape index (κ2) is 7.07. The third-order valence-electron chi connectivity index (χ3n) is 5.14. The Morgan fingerprint density at radius 2 is 1.72 bits per heavy atom. The second-order valence-corrected chi connectivity index (χ2v) is 7.12. The van der Waals surface area contributed by atoms with E-state index in [1.54, 1.807) is 18.2 Å². The van der Waals surface area contributed by atoms with Crippen molar-refractivity contribution in [3.05, 3.63) is 82.9 Å². The Labute approximate surface area is 166 Å². The number of carbonyl (C=O) groups excluding carboxylic acids is 1. The van der Waals surface area contributed by atoms with Crippen molar-refractivity contribution in [1.82, 2.24) is 4.57 Å². The van der Waals surface area contributed by atoms with Crippen molar-refractivity contribution in [1.29, 1.82) is 0 Å². The highest BCUT2D eigenvalue weighted by atomic mass is 16.4. The van der Waals surface area contributed by atoms with E-state index in [4.69, 9.17) is 5.73 Å². The first kappa shape index (κ1) is 18.7. The van der Waals surface area contributed by atoms with Gasteiger partial charge in [-0.2, -0.15) is 0 Å². The number of aliphatic hydroxyl groups excluding tert-OH is 1. The number of nitrogens with two attached hydrogens (primary N) is 1. The summed E-state index contributed by atoms with van der Waals surface area (Å²) in [4.78, 5) is 23.7. The molecule has 4 aromatic rings. The highest BCUT2D eigenvalue weighted by Crippen LogP contribution is 2.37. The fourth-order valence-corrected chi connectivity index (χ4v) is 3.93. The second-order valence-electron chi connectivity index (χ2n) is 7.12. The molecule has 0 fully saturated rings. The number of benzene rings is 3. The molecule has 146 valence electrons. The zero-order valence-electron chi connectivity index (χ0n) is 15.8. The van der Waals surface area contributed by atoms with Gasteiger partial charge in [0.25, 0.3) is 0 Å². The number of carboxylic acid groups (broad SMARTS) is 1. The number of hydrogen-bond acceptors (Lipinski definition) is 3. The molecule has 3 aromatic carbocycles. The Morgan fingerprint density at radius 3 is 2.38 bits per heavy atom. The predicted molar refractivity (Wildman–Crippen MR) is 111 cm³/mol. The van der Waals surface area contributed by atoms with Gasteiger partial charge in [-0.25, -0.2) is 4.79 Å².